The highest BCUT2D eigenvalue weighted by Gasteiger charge is 2.17. The van der Waals surface area contributed by atoms with Crippen molar-refractivity contribution in [1.29, 1.82) is 0 Å². The molecule has 0 saturated heterocycles. The molecule has 96 valence electrons. The summed E-state index contributed by atoms with van der Waals surface area (Å²) in [5.74, 6) is 6.36. The smallest absolute Gasteiger partial charge is 0.0637 e. The van der Waals surface area contributed by atoms with Gasteiger partial charge in [0.15, 0.2) is 0 Å². The van der Waals surface area contributed by atoms with Gasteiger partial charge in [0.25, 0.3) is 0 Å². The second kappa shape index (κ2) is 7.41. The van der Waals surface area contributed by atoms with Crippen molar-refractivity contribution in [2.75, 3.05) is 0 Å². The van der Waals surface area contributed by atoms with E-state index in [1.165, 1.54) is 18.4 Å². The van der Waals surface area contributed by atoms with E-state index in [4.69, 9.17) is 5.84 Å². The molecule has 3 nitrogen and oxygen atoms in total. The molecule has 0 saturated carbocycles. The third-order valence-electron chi connectivity index (χ3n) is 3.26. The van der Waals surface area contributed by atoms with Gasteiger partial charge in [-0.25, -0.2) is 0 Å². The lowest BCUT2D eigenvalue weighted by atomic mass is 9.93. The number of nitrogens with zero attached hydrogens (tertiary/aromatic N) is 1. The van der Waals surface area contributed by atoms with Crippen molar-refractivity contribution in [1.82, 2.24) is 10.4 Å². The highest BCUT2D eigenvalue weighted by atomic mass is 15.2. The van der Waals surface area contributed by atoms with Crippen molar-refractivity contribution in [3.63, 3.8) is 0 Å². The Morgan fingerprint density at radius 1 is 1.41 bits per heavy atom. The summed E-state index contributed by atoms with van der Waals surface area (Å²) in [7, 11) is 0. The summed E-state index contributed by atoms with van der Waals surface area (Å²) < 4.78 is 0. The molecule has 0 aliphatic rings. The van der Waals surface area contributed by atoms with E-state index in [0.717, 1.165) is 18.5 Å². The van der Waals surface area contributed by atoms with Crippen LogP contribution in [0.2, 0.25) is 0 Å². The molecule has 0 spiro atoms. The number of hydrazine groups is 1. The molecule has 0 amide bonds. The van der Waals surface area contributed by atoms with E-state index in [1.807, 2.05) is 12.3 Å². The molecule has 1 aromatic heterocycles. The largest absolute Gasteiger partial charge is 0.271 e. The number of pyridine rings is 1. The molecule has 1 aromatic rings. The zero-order valence-electron chi connectivity index (χ0n) is 11.2. The summed E-state index contributed by atoms with van der Waals surface area (Å²) in [5.41, 5.74) is 5.32. The Bertz CT molecular complexity index is 325. The molecule has 0 aliphatic heterocycles. The molecule has 2 unspecified atom stereocenters. The highest BCUT2D eigenvalue weighted by Crippen LogP contribution is 2.24. The average Bonchev–Trinajstić information content (AvgIpc) is 2.36. The first-order chi connectivity index (χ1) is 8.22. The van der Waals surface area contributed by atoms with E-state index in [1.54, 1.807) is 0 Å². The second-order valence-corrected chi connectivity index (χ2v) is 4.75. The minimum absolute atomic E-state index is 0.174. The van der Waals surface area contributed by atoms with Crippen molar-refractivity contribution in [3.05, 3.63) is 29.6 Å². The first kappa shape index (κ1) is 14.1. The summed E-state index contributed by atoms with van der Waals surface area (Å²) in [6.45, 7) is 6.66. The van der Waals surface area contributed by atoms with Crippen molar-refractivity contribution < 1.29 is 0 Å². The quantitative estimate of drug-likeness (QED) is 0.564. The van der Waals surface area contributed by atoms with Gasteiger partial charge < -0.3 is 0 Å². The van der Waals surface area contributed by atoms with Crippen LogP contribution in [0.15, 0.2) is 18.3 Å². The Labute approximate surface area is 105 Å². The van der Waals surface area contributed by atoms with Crippen molar-refractivity contribution in [2.24, 2.45) is 11.8 Å². The fourth-order valence-corrected chi connectivity index (χ4v) is 2.34. The number of aromatic nitrogens is 1. The van der Waals surface area contributed by atoms with Gasteiger partial charge in [-0.15, -0.1) is 0 Å². The Morgan fingerprint density at radius 2 is 2.18 bits per heavy atom. The van der Waals surface area contributed by atoms with Crippen LogP contribution in [0.3, 0.4) is 0 Å². The van der Waals surface area contributed by atoms with Gasteiger partial charge in [0.1, 0.15) is 0 Å². The molecule has 0 aromatic carbocycles. The number of nitrogens with one attached hydrogen (secondary N) is 1. The number of hydrogen-bond acceptors (Lipinski definition) is 3. The van der Waals surface area contributed by atoms with Crippen LogP contribution in [0.4, 0.5) is 0 Å². The molecule has 3 N–H and O–H groups in total. The fraction of sp³-hybridized carbons (Fsp3) is 0.643. The topological polar surface area (TPSA) is 50.9 Å². The summed E-state index contributed by atoms with van der Waals surface area (Å²) in [6.07, 6.45) is 6.37. The van der Waals surface area contributed by atoms with Gasteiger partial charge >= 0.3 is 0 Å². The molecule has 3 heteroatoms. The lowest BCUT2D eigenvalue weighted by Crippen LogP contribution is -2.30. The molecule has 0 aliphatic carbocycles. The zero-order chi connectivity index (χ0) is 12.7. The van der Waals surface area contributed by atoms with E-state index in [-0.39, 0.29) is 6.04 Å². The highest BCUT2D eigenvalue weighted by molar-refractivity contribution is 5.22. The molecule has 1 rings (SSSR count). The van der Waals surface area contributed by atoms with E-state index >= 15 is 0 Å². The van der Waals surface area contributed by atoms with Crippen LogP contribution in [0.5, 0.6) is 0 Å². The number of aryl methyl sites for hydroxylation is 1. The monoisotopic (exact) mass is 235 g/mol. The van der Waals surface area contributed by atoms with Gasteiger partial charge in [0, 0.05) is 6.20 Å². The predicted octanol–water partition coefficient (Wildman–Crippen LogP) is 2.97. The lowest BCUT2D eigenvalue weighted by molar-refractivity contribution is 0.387. The van der Waals surface area contributed by atoms with Gasteiger partial charge in [-0.2, -0.15) is 0 Å². The van der Waals surface area contributed by atoms with Crippen LogP contribution in [0, 0.1) is 5.92 Å². The van der Waals surface area contributed by atoms with Crippen molar-refractivity contribution in [3.8, 4) is 0 Å². The number of hydrogen-bond donors (Lipinski definition) is 2. The van der Waals surface area contributed by atoms with Crippen molar-refractivity contribution in [2.45, 2.75) is 52.5 Å². The first-order valence-corrected chi connectivity index (χ1v) is 6.62. The Hall–Kier alpha value is -0.930. The van der Waals surface area contributed by atoms with E-state index in [0.29, 0.717) is 5.92 Å². The SMILES string of the molecule is CCCC(C)CC(NN)c1ncccc1CC. The maximum absolute atomic E-state index is 5.68. The Morgan fingerprint density at radius 3 is 2.76 bits per heavy atom. The average molecular weight is 235 g/mol. The minimum atomic E-state index is 0.174. The molecule has 2 atom stereocenters. The maximum atomic E-state index is 5.68. The molecular formula is C14H25N3. The molecule has 0 bridgehead atoms. The standard InChI is InChI=1S/C14H25N3/c1-4-7-11(3)10-13(17-15)14-12(5-2)8-6-9-16-14/h6,8-9,11,13,17H,4-5,7,10,15H2,1-3H3. The molecule has 17 heavy (non-hydrogen) atoms. The molecule has 1 heterocycles. The molecule has 0 fully saturated rings. The van der Waals surface area contributed by atoms with Crippen LogP contribution in [0.25, 0.3) is 0 Å². The van der Waals surface area contributed by atoms with Crippen LogP contribution in [-0.4, -0.2) is 4.98 Å². The third-order valence-corrected chi connectivity index (χ3v) is 3.26. The van der Waals surface area contributed by atoms with Crippen LogP contribution >= 0.6 is 0 Å². The van der Waals surface area contributed by atoms with Crippen LogP contribution < -0.4 is 11.3 Å². The Balaban J connectivity index is 2.78. The van der Waals surface area contributed by atoms with E-state index in [2.05, 4.69) is 37.2 Å². The van der Waals surface area contributed by atoms with E-state index < -0.39 is 0 Å². The minimum Gasteiger partial charge on any atom is -0.271 e. The number of nitrogens with two attached hydrogens (primary N) is 1. The summed E-state index contributed by atoms with van der Waals surface area (Å²) >= 11 is 0. The van der Waals surface area contributed by atoms with Crippen LogP contribution in [-0.2, 0) is 6.42 Å². The maximum Gasteiger partial charge on any atom is 0.0637 e. The second-order valence-electron chi connectivity index (χ2n) is 4.75. The first-order valence-electron chi connectivity index (χ1n) is 6.62. The van der Waals surface area contributed by atoms with Gasteiger partial charge in [-0.3, -0.25) is 16.3 Å². The summed E-state index contributed by atoms with van der Waals surface area (Å²) in [5, 5.41) is 0. The van der Waals surface area contributed by atoms with Crippen LogP contribution in [0.1, 0.15) is 57.3 Å². The Kier molecular flexibility index (Phi) is 6.16. The molecular weight excluding hydrogens is 210 g/mol. The van der Waals surface area contributed by atoms with Gasteiger partial charge in [0.2, 0.25) is 0 Å². The predicted molar refractivity (Wildman–Crippen MR) is 72.4 cm³/mol. The summed E-state index contributed by atoms with van der Waals surface area (Å²) in [4.78, 5) is 4.49. The van der Waals surface area contributed by atoms with Gasteiger partial charge in [-0.1, -0.05) is 39.7 Å². The molecule has 0 radical (unpaired) electrons. The zero-order valence-corrected chi connectivity index (χ0v) is 11.2. The van der Waals surface area contributed by atoms with Gasteiger partial charge in [-0.05, 0) is 30.4 Å². The van der Waals surface area contributed by atoms with E-state index in [9.17, 15) is 0 Å². The fourth-order valence-electron chi connectivity index (χ4n) is 2.34. The number of rotatable bonds is 7. The third kappa shape index (κ3) is 4.10. The summed E-state index contributed by atoms with van der Waals surface area (Å²) in [6, 6.07) is 4.30. The lowest BCUT2D eigenvalue weighted by Gasteiger charge is -2.21. The van der Waals surface area contributed by atoms with Crippen molar-refractivity contribution >= 4 is 0 Å². The normalized spacial score (nSPS) is 14.6. The van der Waals surface area contributed by atoms with Gasteiger partial charge in [0.05, 0.1) is 11.7 Å².